The maximum absolute atomic E-state index is 11.4. The summed E-state index contributed by atoms with van der Waals surface area (Å²) in [6.07, 6.45) is 3.32. The first-order valence-electron chi connectivity index (χ1n) is 5.38. The van der Waals surface area contributed by atoms with Gasteiger partial charge in [0.25, 0.3) is 0 Å². The average molecular weight is 311 g/mol. The number of rotatable bonds is 5. The highest BCUT2D eigenvalue weighted by Gasteiger charge is 2.25. The molecule has 1 rings (SSSR count). The van der Waals surface area contributed by atoms with Gasteiger partial charge in [0.1, 0.15) is 0 Å². The second-order valence-electron chi connectivity index (χ2n) is 4.28. The molecule has 94 valence electrons. The zero-order valence-electron chi connectivity index (χ0n) is 9.58. The van der Waals surface area contributed by atoms with E-state index in [1.807, 2.05) is 0 Å². The van der Waals surface area contributed by atoms with Crippen LogP contribution in [0.25, 0.3) is 0 Å². The lowest BCUT2D eigenvalue weighted by atomic mass is 10.00. The quantitative estimate of drug-likeness (QED) is 0.829. The number of sulfonamides is 1. The van der Waals surface area contributed by atoms with E-state index in [0.717, 1.165) is 30.4 Å². The van der Waals surface area contributed by atoms with Gasteiger partial charge >= 0.3 is 0 Å². The molecule has 1 heterocycles. The second kappa shape index (κ2) is 6.14. The molecule has 1 saturated heterocycles. The third kappa shape index (κ3) is 4.95. The fourth-order valence-corrected chi connectivity index (χ4v) is 3.05. The van der Waals surface area contributed by atoms with Crippen molar-refractivity contribution < 1.29 is 8.42 Å². The van der Waals surface area contributed by atoms with E-state index >= 15 is 0 Å². The second-order valence-corrected chi connectivity index (χ2v) is 7.38. The minimum atomic E-state index is -3.02. The smallest absolute Gasteiger partial charge is 0.211 e. The monoisotopic (exact) mass is 310 g/mol. The Morgan fingerprint density at radius 3 is 2.88 bits per heavy atom. The van der Waals surface area contributed by atoms with Crippen LogP contribution in [0.5, 0.6) is 0 Å². The molecule has 1 unspecified atom stereocenters. The number of piperidine rings is 1. The van der Waals surface area contributed by atoms with Gasteiger partial charge in [-0.3, -0.25) is 0 Å². The Hall–Kier alpha value is 0.0900. The van der Waals surface area contributed by atoms with Crippen molar-refractivity contribution in [3.63, 3.8) is 0 Å². The fraction of sp³-hybridized carbons (Fsp3) is 0.800. The SMILES string of the molecule is C=C(Br)CNCC1CCCN(S(C)(=O)=O)C1. The largest absolute Gasteiger partial charge is 0.312 e. The lowest BCUT2D eigenvalue weighted by Gasteiger charge is -2.31. The van der Waals surface area contributed by atoms with E-state index in [1.165, 1.54) is 6.26 Å². The Kier molecular flexibility index (Phi) is 5.43. The molecule has 0 radical (unpaired) electrons. The summed E-state index contributed by atoms with van der Waals surface area (Å²) < 4.78 is 25.3. The molecule has 0 aliphatic carbocycles. The Balaban J connectivity index is 2.36. The van der Waals surface area contributed by atoms with Gasteiger partial charge in [-0.25, -0.2) is 12.7 Å². The van der Waals surface area contributed by atoms with Gasteiger partial charge in [0, 0.05) is 24.1 Å². The van der Waals surface area contributed by atoms with Crippen LogP contribution in [-0.2, 0) is 10.0 Å². The minimum absolute atomic E-state index is 0.412. The first kappa shape index (κ1) is 14.2. The van der Waals surface area contributed by atoms with Crippen LogP contribution in [0.15, 0.2) is 11.1 Å². The number of hydrogen-bond donors (Lipinski definition) is 1. The third-order valence-corrected chi connectivity index (χ3v) is 4.25. The normalized spacial score (nSPS) is 23.2. The van der Waals surface area contributed by atoms with Crippen LogP contribution in [0, 0.1) is 5.92 Å². The summed E-state index contributed by atoms with van der Waals surface area (Å²) in [5.41, 5.74) is 0. The molecule has 0 bridgehead atoms. The lowest BCUT2D eigenvalue weighted by molar-refractivity contribution is 0.263. The molecular weight excluding hydrogens is 292 g/mol. The molecule has 1 aliphatic rings. The summed E-state index contributed by atoms with van der Waals surface area (Å²) >= 11 is 3.28. The van der Waals surface area contributed by atoms with Crippen LogP contribution >= 0.6 is 15.9 Å². The molecule has 0 aromatic carbocycles. The van der Waals surface area contributed by atoms with Crippen LogP contribution in [0.2, 0.25) is 0 Å². The van der Waals surface area contributed by atoms with Gasteiger partial charge in [-0.15, -0.1) is 0 Å². The van der Waals surface area contributed by atoms with Crippen molar-refractivity contribution in [3.05, 3.63) is 11.1 Å². The fourth-order valence-electron chi connectivity index (χ4n) is 1.91. The van der Waals surface area contributed by atoms with Crippen LogP contribution in [0.3, 0.4) is 0 Å². The van der Waals surface area contributed by atoms with Crippen molar-refractivity contribution in [3.8, 4) is 0 Å². The Morgan fingerprint density at radius 1 is 1.62 bits per heavy atom. The molecule has 1 N–H and O–H groups in total. The van der Waals surface area contributed by atoms with E-state index in [9.17, 15) is 8.42 Å². The summed E-state index contributed by atoms with van der Waals surface area (Å²) in [7, 11) is -3.02. The van der Waals surface area contributed by atoms with Gasteiger partial charge < -0.3 is 5.32 Å². The first-order valence-corrected chi connectivity index (χ1v) is 8.03. The van der Waals surface area contributed by atoms with E-state index in [2.05, 4.69) is 27.8 Å². The highest BCUT2D eigenvalue weighted by atomic mass is 79.9. The predicted octanol–water partition coefficient (Wildman–Crippen LogP) is 1.16. The number of hydrogen-bond acceptors (Lipinski definition) is 3. The summed E-state index contributed by atoms with van der Waals surface area (Å²) in [4.78, 5) is 0. The van der Waals surface area contributed by atoms with Gasteiger partial charge in [-0.05, 0) is 25.3 Å². The molecular formula is C10H19BrN2O2S. The van der Waals surface area contributed by atoms with E-state index in [4.69, 9.17) is 0 Å². The molecule has 16 heavy (non-hydrogen) atoms. The van der Waals surface area contributed by atoms with Crippen LogP contribution in [0.4, 0.5) is 0 Å². The van der Waals surface area contributed by atoms with Crippen LogP contribution < -0.4 is 5.32 Å². The molecule has 0 amide bonds. The maximum Gasteiger partial charge on any atom is 0.211 e. The van der Waals surface area contributed by atoms with Gasteiger partial charge in [-0.1, -0.05) is 22.5 Å². The topological polar surface area (TPSA) is 49.4 Å². The zero-order valence-corrected chi connectivity index (χ0v) is 12.0. The van der Waals surface area contributed by atoms with Gasteiger partial charge in [0.05, 0.1) is 6.26 Å². The van der Waals surface area contributed by atoms with E-state index < -0.39 is 10.0 Å². The number of nitrogens with one attached hydrogen (secondary N) is 1. The maximum atomic E-state index is 11.4. The molecule has 0 aromatic rings. The molecule has 0 saturated carbocycles. The molecule has 1 aliphatic heterocycles. The van der Waals surface area contributed by atoms with Crippen molar-refractivity contribution in [2.24, 2.45) is 5.92 Å². The van der Waals surface area contributed by atoms with Gasteiger partial charge in [0.2, 0.25) is 10.0 Å². The van der Waals surface area contributed by atoms with Gasteiger partial charge in [0.15, 0.2) is 0 Å². The van der Waals surface area contributed by atoms with Crippen molar-refractivity contribution >= 4 is 26.0 Å². The van der Waals surface area contributed by atoms with E-state index in [-0.39, 0.29) is 0 Å². The summed E-state index contributed by atoms with van der Waals surface area (Å²) in [5.74, 6) is 0.412. The van der Waals surface area contributed by atoms with E-state index in [0.29, 0.717) is 19.0 Å². The zero-order chi connectivity index (χ0) is 12.2. The van der Waals surface area contributed by atoms with E-state index in [1.54, 1.807) is 4.31 Å². The minimum Gasteiger partial charge on any atom is -0.312 e. The van der Waals surface area contributed by atoms with Crippen molar-refractivity contribution in [2.75, 3.05) is 32.4 Å². The average Bonchev–Trinajstić information content (AvgIpc) is 2.16. The summed E-state index contributed by atoms with van der Waals surface area (Å²) in [6.45, 7) is 6.62. The standard InChI is InChI=1S/C10H19BrN2O2S/c1-9(11)6-12-7-10-4-3-5-13(8-10)16(2,14)15/h10,12H,1,3-8H2,2H3. The molecule has 4 nitrogen and oxygen atoms in total. The Bertz CT molecular complexity index is 343. The van der Waals surface area contributed by atoms with Crippen molar-refractivity contribution in [1.82, 2.24) is 9.62 Å². The van der Waals surface area contributed by atoms with Gasteiger partial charge in [-0.2, -0.15) is 0 Å². The highest BCUT2D eigenvalue weighted by Crippen LogP contribution is 2.17. The number of nitrogens with zero attached hydrogens (tertiary/aromatic N) is 1. The molecule has 6 heteroatoms. The first-order chi connectivity index (χ1) is 7.39. The Labute approximate surface area is 106 Å². The predicted molar refractivity (Wildman–Crippen MR) is 70.1 cm³/mol. The molecule has 0 spiro atoms. The third-order valence-electron chi connectivity index (χ3n) is 2.70. The summed E-state index contributed by atoms with van der Waals surface area (Å²) in [6, 6.07) is 0. The Morgan fingerprint density at radius 2 is 2.31 bits per heavy atom. The molecule has 0 aromatic heterocycles. The summed E-state index contributed by atoms with van der Waals surface area (Å²) in [5, 5.41) is 3.26. The molecule has 1 fully saturated rings. The van der Waals surface area contributed by atoms with Crippen LogP contribution in [-0.4, -0.2) is 45.2 Å². The van der Waals surface area contributed by atoms with Crippen LogP contribution in [0.1, 0.15) is 12.8 Å². The molecule has 1 atom stereocenters. The lowest BCUT2D eigenvalue weighted by Crippen LogP contribution is -2.42. The number of halogens is 1. The van der Waals surface area contributed by atoms with Crippen molar-refractivity contribution in [1.29, 1.82) is 0 Å². The van der Waals surface area contributed by atoms with Crippen molar-refractivity contribution in [2.45, 2.75) is 12.8 Å². The highest BCUT2D eigenvalue weighted by molar-refractivity contribution is 9.11.